The number of fused-ring (bicyclic) bond motifs is 1. The average molecular weight is 222 g/mol. The summed E-state index contributed by atoms with van der Waals surface area (Å²) in [4.78, 5) is 15.5. The van der Waals surface area contributed by atoms with Gasteiger partial charge in [0.15, 0.2) is 0 Å². The van der Waals surface area contributed by atoms with Crippen molar-refractivity contribution in [2.24, 2.45) is 0 Å². The Morgan fingerprint density at radius 3 is 2.94 bits per heavy atom. The fourth-order valence-corrected chi connectivity index (χ4v) is 2.38. The second-order valence-corrected chi connectivity index (χ2v) is 4.38. The summed E-state index contributed by atoms with van der Waals surface area (Å²) in [6, 6.07) is 0. The fourth-order valence-electron chi connectivity index (χ4n) is 2.38. The van der Waals surface area contributed by atoms with Crippen LogP contribution in [0.4, 0.5) is 0 Å². The van der Waals surface area contributed by atoms with Crippen LogP contribution in [0.5, 0.6) is 0 Å². The third-order valence-corrected chi connectivity index (χ3v) is 3.32. The number of imidazole rings is 1. The van der Waals surface area contributed by atoms with Crippen LogP contribution in [0.15, 0.2) is 0 Å². The largest absolute Gasteiger partial charge is 0.481 e. The van der Waals surface area contributed by atoms with Gasteiger partial charge in [0.2, 0.25) is 0 Å². The lowest BCUT2D eigenvalue weighted by Gasteiger charge is -2.17. The van der Waals surface area contributed by atoms with Gasteiger partial charge in [-0.15, -0.1) is 0 Å². The summed E-state index contributed by atoms with van der Waals surface area (Å²) in [7, 11) is 0. The summed E-state index contributed by atoms with van der Waals surface area (Å²) in [6.45, 7) is 4.79. The van der Waals surface area contributed by atoms with E-state index in [0.29, 0.717) is 0 Å². The minimum atomic E-state index is -0.783. The third-order valence-electron chi connectivity index (χ3n) is 3.32. The minimum Gasteiger partial charge on any atom is -0.481 e. The molecule has 0 bridgehead atoms. The highest BCUT2D eigenvalue weighted by molar-refractivity contribution is 5.75. The van der Waals surface area contributed by atoms with Crippen molar-refractivity contribution >= 4 is 5.97 Å². The van der Waals surface area contributed by atoms with E-state index in [9.17, 15) is 4.79 Å². The number of rotatable bonds is 3. The zero-order valence-electron chi connectivity index (χ0n) is 9.86. The Bertz CT molecular complexity index is 409. The van der Waals surface area contributed by atoms with Gasteiger partial charge in [0.1, 0.15) is 5.82 Å². The molecule has 1 aliphatic heterocycles. The van der Waals surface area contributed by atoms with Crippen LogP contribution in [0, 0.1) is 0 Å². The van der Waals surface area contributed by atoms with Gasteiger partial charge in [0, 0.05) is 18.7 Å². The smallest absolute Gasteiger partial charge is 0.312 e. The first-order valence-electron chi connectivity index (χ1n) is 5.96. The summed E-state index contributed by atoms with van der Waals surface area (Å²) in [5.74, 6) is -0.230. The first-order chi connectivity index (χ1) is 7.65. The van der Waals surface area contributed by atoms with Crippen LogP contribution >= 0.6 is 0 Å². The molecule has 1 N–H and O–H groups in total. The topological polar surface area (TPSA) is 55.1 Å². The zero-order chi connectivity index (χ0) is 11.7. The van der Waals surface area contributed by atoms with Crippen LogP contribution < -0.4 is 0 Å². The molecule has 1 aliphatic rings. The van der Waals surface area contributed by atoms with Crippen molar-refractivity contribution in [3.8, 4) is 0 Å². The molecule has 0 aromatic carbocycles. The molecule has 0 amide bonds. The number of hydrogen-bond donors (Lipinski definition) is 1. The summed E-state index contributed by atoms with van der Waals surface area (Å²) >= 11 is 0. The Morgan fingerprint density at radius 1 is 1.56 bits per heavy atom. The number of aryl methyl sites for hydroxylation is 1. The second kappa shape index (κ2) is 4.28. The Morgan fingerprint density at radius 2 is 2.31 bits per heavy atom. The lowest BCUT2D eigenvalue weighted by atomic mass is 10.0. The maximum absolute atomic E-state index is 11.0. The highest BCUT2D eigenvalue weighted by Gasteiger charge is 2.25. The van der Waals surface area contributed by atoms with E-state index in [2.05, 4.69) is 16.5 Å². The van der Waals surface area contributed by atoms with Crippen LogP contribution in [0.1, 0.15) is 49.8 Å². The second-order valence-electron chi connectivity index (χ2n) is 4.38. The Hall–Kier alpha value is -1.32. The predicted octanol–water partition coefficient (Wildman–Crippen LogP) is 1.97. The van der Waals surface area contributed by atoms with Gasteiger partial charge >= 0.3 is 5.97 Å². The monoisotopic (exact) mass is 222 g/mol. The van der Waals surface area contributed by atoms with E-state index in [1.165, 1.54) is 6.42 Å². The molecular weight excluding hydrogens is 204 g/mol. The molecule has 1 unspecified atom stereocenters. The van der Waals surface area contributed by atoms with E-state index in [4.69, 9.17) is 5.11 Å². The molecular formula is C12H18N2O2. The van der Waals surface area contributed by atoms with Crippen molar-refractivity contribution < 1.29 is 9.90 Å². The predicted molar refractivity (Wildman–Crippen MR) is 60.6 cm³/mol. The Balaban J connectivity index is 2.45. The molecule has 4 nitrogen and oxygen atoms in total. The number of aliphatic carboxylic acids is 1. The first-order valence-corrected chi connectivity index (χ1v) is 5.96. The maximum Gasteiger partial charge on any atom is 0.312 e. The van der Waals surface area contributed by atoms with Crippen LogP contribution in [0.25, 0.3) is 0 Å². The number of carbonyl (C=O) groups is 1. The van der Waals surface area contributed by atoms with Gasteiger partial charge in [-0.25, -0.2) is 4.98 Å². The molecule has 88 valence electrons. The van der Waals surface area contributed by atoms with Crippen molar-refractivity contribution in [1.82, 2.24) is 9.55 Å². The first kappa shape index (κ1) is 11.2. The van der Waals surface area contributed by atoms with E-state index in [-0.39, 0.29) is 0 Å². The number of nitrogens with zero attached hydrogens (tertiary/aromatic N) is 2. The van der Waals surface area contributed by atoms with Crippen LogP contribution in [-0.2, 0) is 24.2 Å². The van der Waals surface area contributed by atoms with Crippen molar-refractivity contribution in [2.45, 2.75) is 52.0 Å². The lowest BCUT2D eigenvalue weighted by molar-refractivity contribution is -0.138. The van der Waals surface area contributed by atoms with Crippen LogP contribution in [0.3, 0.4) is 0 Å². The molecule has 0 spiro atoms. The quantitative estimate of drug-likeness (QED) is 0.850. The summed E-state index contributed by atoms with van der Waals surface area (Å²) in [6.07, 6.45) is 4.17. The highest BCUT2D eigenvalue weighted by atomic mass is 16.4. The molecule has 0 fully saturated rings. The van der Waals surface area contributed by atoms with Gasteiger partial charge < -0.3 is 9.67 Å². The lowest BCUT2D eigenvalue weighted by Crippen LogP contribution is -2.15. The maximum atomic E-state index is 11.0. The Kier molecular flexibility index (Phi) is 2.99. The molecule has 2 heterocycles. The van der Waals surface area contributed by atoms with E-state index in [0.717, 1.165) is 43.0 Å². The zero-order valence-corrected chi connectivity index (χ0v) is 9.86. The third kappa shape index (κ3) is 1.72. The van der Waals surface area contributed by atoms with E-state index in [1.807, 2.05) is 0 Å². The number of hydrogen-bond acceptors (Lipinski definition) is 2. The van der Waals surface area contributed by atoms with Gasteiger partial charge in [0.05, 0.1) is 11.6 Å². The molecule has 4 heteroatoms. The highest BCUT2D eigenvalue weighted by Crippen LogP contribution is 2.26. The van der Waals surface area contributed by atoms with Crippen molar-refractivity contribution in [3.63, 3.8) is 0 Å². The molecule has 0 radical (unpaired) electrons. The van der Waals surface area contributed by atoms with Crippen molar-refractivity contribution in [2.75, 3.05) is 0 Å². The number of carboxylic acid groups (broad SMARTS) is 1. The fraction of sp³-hybridized carbons (Fsp3) is 0.667. The van der Waals surface area contributed by atoms with E-state index < -0.39 is 11.9 Å². The normalized spacial score (nSPS) is 16.9. The molecule has 0 aliphatic carbocycles. The van der Waals surface area contributed by atoms with E-state index in [1.54, 1.807) is 6.92 Å². The van der Waals surface area contributed by atoms with Gasteiger partial charge in [-0.1, -0.05) is 6.92 Å². The summed E-state index contributed by atoms with van der Waals surface area (Å²) < 4.78 is 2.22. The summed E-state index contributed by atoms with van der Waals surface area (Å²) in [5.41, 5.74) is 1.93. The average Bonchev–Trinajstić information content (AvgIpc) is 2.66. The van der Waals surface area contributed by atoms with Crippen LogP contribution in [-0.4, -0.2) is 20.6 Å². The Labute approximate surface area is 95.3 Å². The molecule has 2 rings (SSSR count). The van der Waals surface area contributed by atoms with Crippen molar-refractivity contribution in [3.05, 3.63) is 17.2 Å². The van der Waals surface area contributed by atoms with Gasteiger partial charge in [0.25, 0.3) is 0 Å². The molecule has 1 aromatic heterocycles. The minimum absolute atomic E-state index is 0.486. The standard InChI is InChI=1S/C12H18N2O2/c1-3-10-13-11(8(2)12(15)16)9-6-4-5-7-14(9)10/h8H,3-7H2,1-2H3,(H,15,16). The van der Waals surface area contributed by atoms with Gasteiger partial charge in [-0.2, -0.15) is 0 Å². The number of aromatic nitrogens is 2. The summed E-state index contributed by atoms with van der Waals surface area (Å²) in [5, 5.41) is 9.07. The molecule has 0 saturated heterocycles. The molecule has 16 heavy (non-hydrogen) atoms. The molecule has 0 saturated carbocycles. The van der Waals surface area contributed by atoms with Crippen molar-refractivity contribution in [1.29, 1.82) is 0 Å². The van der Waals surface area contributed by atoms with E-state index >= 15 is 0 Å². The van der Waals surface area contributed by atoms with Gasteiger partial charge in [-0.05, 0) is 26.2 Å². The van der Waals surface area contributed by atoms with Crippen LogP contribution in [0.2, 0.25) is 0 Å². The molecule has 1 atom stereocenters. The molecule has 1 aromatic rings. The number of carboxylic acids is 1. The van der Waals surface area contributed by atoms with Gasteiger partial charge in [-0.3, -0.25) is 4.79 Å². The SMILES string of the molecule is CCc1nc(C(C)C(=O)O)c2n1CCCC2.